The molecule has 1 amide bonds. The van der Waals surface area contributed by atoms with Crippen molar-refractivity contribution >= 4 is 17.3 Å². The van der Waals surface area contributed by atoms with Crippen LogP contribution in [0.1, 0.15) is 37.0 Å². The van der Waals surface area contributed by atoms with Gasteiger partial charge in [-0.05, 0) is 31.5 Å². The second-order valence-corrected chi connectivity index (χ2v) is 4.84. The third-order valence-corrected chi connectivity index (χ3v) is 2.83. The Bertz CT molecular complexity index is 416. The van der Waals surface area contributed by atoms with Crippen molar-refractivity contribution in [3.8, 4) is 0 Å². The number of amides is 1. The Hall–Kier alpha value is -1.71. The highest BCUT2D eigenvalue weighted by Gasteiger charge is 2.11. The molecule has 1 unspecified atom stereocenters. The highest BCUT2D eigenvalue weighted by molar-refractivity contribution is 5.95. The minimum atomic E-state index is -0.0128. The standard InChI is InChI=1S/C14H23N3O/c1-5-6-10(2)16-13-9-11(7-8-12(13)15)14(18)17(3)4/h7-10,16H,5-6,15H2,1-4H3. The highest BCUT2D eigenvalue weighted by atomic mass is 16.2. The molecule has 4 nitrogen and oxygen atoms in total. The van der Waals surface area contributed by atoms with E-state index in [1.54, 1.807) is 31.1 Å². The zero-order chi connectivity index (χ0) is 13.7. The lowest BCUT2D eigenvalue weighted by Crippen LogP contribution is -2.22. The molecule has 1 atom stereocenters. The lowest BCUT2D eigenvalue weighted by molar-refractivity contribution is 0.0827. The number of hydrogen-bond acceptors (Lipinski definition) is 3. The van der Waals surface area contributed by atoms with Gasteiger partial charge in [0, 0.05) is 25.7 Å². The van der Waals surface area contributed by atoms with E-state index < -0.39 is 0 Å². The summed E-state index contributed by atoms with van der Waals surface area (Å²) in [5.74, 6) is -0.0128. The van der Waals surface area contributed by atoms with Crippen molar-refractivity contribution in [2.45, 2.75) is 32.7 Å². The number of rotatable bonds is 5. The van der Waals surface area contributed by atoms with E-state index in [9.17, 15) is 4.79 Å². The lowest BCUT2D eigenvalue weighted by Gasteiger charge is -2.18. The molecule has 0 aliphatic heterocycles. The summed E-state index contributed by atoms with van der Waals surface area (Å²) in [7, 11) is 3.48. The molecule has 18 heavy (non-hydrogen) atoms. The molecule has 0 aromatic heterocycles. The molecule has 3 N–H and O–H groups in total. The number of benzene rings is 1. The molecule has 0 spiro atoms. The van der Waals surface area contributed by atoms with E-state index in [2.05, 4.69) is 19.2 Å². The third kappa shape index (κ3) is 3.65. The lowest BCUT2D eigenvalue weighted by atomic mass is 10.1. The fourth-order valence-corrected chi connectivity index (χ4v) is 1.84. The van der Waals surface area contributed by atoms with E-state index in [1.807, 2.05) is 6.07 Å². The van der Waals surface area contributed by atoms with Crippen molar-refractivity contribution in [2.75, 3.05) is 25.1 Å². The predicted molar refractivity (Wildman–Crippen MR) is 76.9 cm³/mol. The molecule has 0 fully saturated rings. The largest absolute Gasteiger partial charge is 0.397 e. The first-order valence-corrected chi connectivity index (χ1v) is 6.33. The van der Waals surface area contributed by atoms with Crippen molar-refractivity contribution in [2.24, 2.45) is 0 Å². The van der Waals surface area contributed by atoms with Gasteiger partial charge in [0.05, 0.1) is 11.4 Å². The van der Waals surface area contributed by atoms with Gasteiger partial charge in [-0.3, -0.25) is 4.79 Å². The van der Waals surface area contributed by atoms with Crippen molar-refractivity contribution in [1.82, 2.24) is 4.90 Å². The molecule has 0 bridgehead atoms. The van der Waals surface area contributed by atoms with Crippen molar-refractivity contribution < 1.29 is 4.79 Å². The summed E-state index contributed by atoms with van der Waals surface area (Å²) in [4.78, 5) is 13.4. The summed E-state index contributed by atoms with van der Waals surface area (Å²) < 4.78 is 0. The maximum Gasteiger partial charge on any atom is 0.253 e. The quantitative estimate of drug-likeness (QED) is 0.788. The first-order valence-electron chi connectivity index (χ1n) is 6.33. The molecule has 0 aliphatic carbocycles. The molecule has 1 aromatic rings. The zero-order valence-corrected chi connectivity index (χ0v) is 11.7. The summed E-state index contributed by atoms with van der Waals surface area (Å²) in [5, 5.41) is 3.35. The van der Waals surface area contributed by atoms with Gasteiger partial charge in [-0.25, -0.2) is 0 Å². The zero-order valence-electron chi connectivity index (χ0n) is 11.7. The number of hydrogen-bond donors (Lipinski definition) is 2. The fourth-order valence-electron chi connectivity index (χ4n) is 1.84. The van der Waals surface area contributed by atoms with Gasteiger partial charge in [0.2, 0.25) is 0 Å². The van der Waals surface area contributed by atoms with E-state index in [0.29, 0.717) is 17.3 Å². The Morgan fingerprint density at radius 1 is 1.44 bits per heavy atom. The first kappa shape index (κ1) is 14.4. The van der Waals surface area contributed by atoms with E-state index in [0.717, 1.165) is 18.5 Å². The first-order chi connectivity index (χ1) is 8.45. The van der Waals surface area contributed by atoms with Gasteiger partial charge in [0.15, 0.2) is 0 Å². The van der Waals surface area contributed by atoms with Crippen LogP contribution in [-0.4, -0.2) is 30.9 Å². The van der Waals surface area contributed by atoms with Crippen LogP contribution in [0.2, 0.25) is 0 Å². The van der Waals surface area contributed by atoms with Crippen LogP contribution >= 0.6 is 0 Å². The van der Waals surface area contributed by atoms with Gasteiger partial charge in [0.1, 0.15) is 0 Å². The molecule has 0 saturated heterocycles. The van der Waals surface area contributed by atoms with Crippen LogP contribution in [0.15, 0.2) is 18.2 Å². The van der Waals surface area contributed by atoms with Gasteiger partial charge in [-0.15, -0.1) is 0 Å². The number of nitrogens with zero attached hydrogens (tertiary/aromatic N) is 1. The smallest absolute Gasteiger partial charge is 0.253 e. The topological polar surface area (TPSA) is 58.4 Å². The average molecular weight is 249 g/mol. The Kier molecular flexibility index (Phi) is 5.01. The summed E-state index contributed by atoms with van der Waals surface area (Å²) in [6.45, 7) is 4.26. The molecule has 0 aliphatic rings. The van der Waals surface area contributed by atoms with E-state index in [-0.39, 0.29) is 5.91 Å². The van der Waals surface area contributed by atoms with Crippen LogP contribution in [0.25, 0.3) is 0 Å². The molecule has 0 radical (unpaired) electrons. The molecule has 0 saturated carbocycles. The number of nitrogens with two attached hydrogens (primary N) is 1. The van der Waals surface area contributed by atoms with Crippen LogP contribution in [0.3, 0.4) is 0 Å². The number of carbonyl (C=O) groups is 1. The second-order valence-electron chi connectivity index (χ2n) is 4.84. The van der Waals surface area contributed by atoms with Crippen molar-refractivity contribution in [3.63, 3.8) is 0 Å². The van der Waals surface area contributed by atoms with Crippen LogP contribution < -0.4 is 11.1 Å². The van der Waals surface area contributed by atoms with Crippen molar-refractivity contribution in [3.05, 3.63) is 23.8 Å². The number of nitrogen functional groups attached to an aromatic ring is 1. The molecule has 1 rings (SSSR count). The molecule has 100 valence electrons. The van der Waals surface area contributed by atoms with E-state index in [4.69, 9.17) is 5.73 Å². The van der Waals surface area contributed by atoms with Gasteiger partial charge >= 0.3 is 0 Å². The Balaban J connectivity index is 2.91. The second kappa shape index (κ2) is 6.28. The monoisotopic (exact) mass is 249 g/mol. The van der Waals surface area contributed by atoms with Gasteiger partial charge in [-0.2, -0.15) is 0 Å². The highest BCUT2D eigenvalue weighted by Crippen LogP contribution is 2.22. The van der Waals surface area contributed by atoms with Crippen LogP contribution in [0.4, 0.5) is 11.4 Å². The van der Waals surface area contributed by atoms with Crippen LogP contribution in [0, 0.1) is 0 Å². The number of nitrogens with one attached hydrogen (secondary N) is 1. The van der Waals surface area contributed by atoms with Crippen LogP contribution in [0.5, 0.6) is 0 Å². The minimum absolute atomic E-state index is 0.0128. The van der Waals surface area contributed by atoms with E-state index >= 15 is 0 Å². The molecule has 4 heteroatoms. The number of anilines is 2. The maximum absolute atomic E-state index is 11.9. The minimum Gasteiger partial charge on any atom is -0.397 e. The molecular weight excluding hydrogens is 226 g/mol. The molecule has 0 heterocycles. The van der Waals surface area contributed by atoms with Gasteiger partial charge in [-0.1, -0.05) is 13.3 Å². The van der Waals surface area contributed by atoms with Gasteiger partial charge < -0.3 is 16.0 Å². The Morgan fingerprint density at radius 2 is 2.11 bits per heavy atom. The SMILES string of the molecule is CCCC(C)Nc1cc(C(=O)N(C)C)ccc1N. The summed E-state index contributed by atoms with van der Waals surface area (Å²) in [5.41, 5.74) is 8.09. The molecular formula is C14H23N3O. The molecule has 1 aromatic carbocycles. The number of carbonyl (C=O) groups excluding carboxylic acids is 1. The van der Waals surface area contributed by atoms with Gasteiger partial charge in [0.25, 0.3) is 5.91 Å². The summed E-state index contributed by atoms with van der Waals surface area (Å²) in [6.07, 6.45) is 2.19. The summed E-state index contributed by atoms with van der Waals surface area (Å²) in [6, 6.07) is 5.71. The fraction of sp³-hybridized carbons (Fsp3) is 0.500. The Labute approximate surface area is 109 Å². The van der Waals surface area contributed by atoms with E-state index in [1.165, 1.54) is 0 Å². The normalized spacial score (nSPS) is 12.0. The average Bonchev–Trinajstić information content (AvgIpc) is 2.31. The third-order valence-electron chi connectivity index (χ3n) is 2.83. The summed E-state index contributed by atoms with van der Waals surface area (Å²) >= 11 is 0. The predicted octanol–water partition coefficient (Wildman–Crippen LogP) is 2.57. The van der Waals surface area contributed by atoms with Crippen molar-refractivity contribution in [1.29, 1.82) is 0 Å². The Morgan fingerprint density at radius 3 is 2.67 bits per heavy atom. The van der Waals surface area contributed by atoms with Crippen LogP contribution in [-0.2, 0) is 0 Å². The maximum atomic E-state index is 11.9.